The van der Waals surface area contributed by atoms with Crippen molar-refractivity contribution in [1.29, 1.82) is 0 Å². The predicted molar refractivity (Wildman–Crippen MR) is 170 cm³/mol. The molecule has 4 atom stereocenters. The molecule has 1 heterocycles. The highest BCUT2D eigenvalue weighted by Crippen LogP contribution is 2.48. The van der Waals surface area contributed by atoms with Crippen LogP contribution in [-0.4, -0.2) is 39.8 Å². The van der Waals surface area contributed by atoms with E-state index in [9.17, 15) is 29.3 Å². The summed E-state index contributed by atoms with van der Waals surface area (Å²) in [6.07, 6.45) is 3.46. The average molecular weight is 599 g/mol. The van der Waals surface area contributed by atoms with E-state index in [1.807, 2.05) is 62.4 Å². The molecule has 1 aliphatic heterocycles. The lowest BCUT2D eigenvalue weighted by atomic mass is 9.67. The van der Waals surface area contributed by atoms with Crippen LogP contribution in [0.2, 0.25) is 0 Å². The Balaban J connectivity index is 1.33. The minimum absolute atomic E-state index is 0.279. The number of nitrogens with zero attached hydrogens (tertiary/aromatic N) is 1. The van der Waals surface area contributed by atoms with E-state index < -0.39 is 35.4 Å². The number of benzene rings is 3. The number of phenols is 1. The van der Waals surface area contributed by atoms with Crippen LogP contribution in [0.3, 0.4) is 0 Å². The minimum atomic E-state index is -0.908. The molecule has 1 fully saturated rings. The van der Waals surface area contributed by atoms with Crippen molar-refractivity contribution in [3.8, 4) is 5.75 Å². The lowest BCUT2D eigenvalue weighted by Gasteiger charge is -2.36. The molecule has 0 unspecified atom stereocenters. The van der Waals surface area contributed by atoms with Gasteiger partial charge in [-0.25, -0.2) is 4.39 Å². The van der Waals surface area contributed by atoms with Gasteiger partial charge in [-0.15, -0.1) is 0 Å². The van der Waals surface area contributed by atoms with Crippen molar-refractivity contribution in [2.75, 3.05) is 16.8 Å². The smallest absolute Gasteiger partial charge is 0.238 e. The third kappa shape index (κ3) is 6.32. The van der Waals surface area contributed by atoms with Crippen molar-refractivity contribution < 1.29 is 29.3 Å². The number of aliphatic hydroxyl groups excluding tert-OH is 2. The Bertz CT molecular complexity index is 1570. The highest BCUT2D eigenvalue weighted by atomic mass is 19.1. The van der Waals surface area contributed by atoms with E-state index in [2.05, 4.69) is 5.32 Å². The molecule has 0 spiro atoms. The zero-order valence-corrected chi connectivity index (χ0v) is 25.0. The molecule has 0 aromatic heterocycles. The molecule has 2 amide bonds. The Labute approximate surface area is 257 Å². The number of phenolic OH excluding ortho intramolecular Hbond substituents is 1. The fraction of sp³-hybridized carbons (Fsp3) is 0.333. The Kier molecular flexibility index (Phi) is 9.61. The van der Waals surface area contributed by atoms with Crippen LogP contribution in [0.4, 0.5) is 21.5 Å². The zero-order chi connectivity index (χ0) is 31.4. The van der Waals surface area contributed by atoms with Crippen molar-refractivity contribution in [3.63, 3.8) is 0 Å². The largest absolute Gasteiger partial charge is 0.505 e. The van der Waals surface area contributed by atoms with E-state index in [4.69, 9.17) is 0 Å². The molecule has 2 aliphatic rings. The maximum absolute atomic E-state index is 13.8. The molecule has 7 nitrogen and oxygen atoms in total. The molecule has 3 aromatic carbocycles. The van der Waals surface area contributed by atoms with Crippen molar-refractivity contribution in [2.45, 2.75) is 52.1 Å². The van der Waals surface area contributed by atoms with Gasteiger partial charge in [0.05, 0.1) is 30.2 Å². The number of fused-ring (bicyclic) bond motifs is 1. The minimum Gasteiger partial charge on any atom is -0.505 e. The van der Waals surface area contributed by atoms with Crippen LogP contribution in [0, 0.1) is 23.6 Å². The molecule has 44 heavy (non-hydrogen) atoms. The number of rotatable bonds is 11. The highest BCUT2D eigenvalue weighted by molar-refractivity contribution is 6.22. The molecule has 1 saturated heterocycles. The van der Waals surface area contributed by atoms with E-state index in [0.29, 0.717) is 48.9 Å². The second-order valence-corrected chi connectivity index (χ2v) is 11.5. The van der Waals surface area contributed by atoms with Gasteiger partial charge in [-0.1, -0.05) is 55.3 Å². The van der Waals surface area contributed by atoms with Crippen molar-refractivity contribution >= 4 is 35.0 Å². The topological polar surface area (TPSA) is 110 Å². The Morgan fingerprint density at radius 3 is 2.36 bits per heavy atom. The number of halogens is 1. The number of allylic oxidation sites excluding steroid dienone is 2. The van der Waals surface area contributed by atoms with Crippen LogP contribution in [0.1, 0.15) is 51.5 Å². The van der Waals surface area contributed by atoms with E-state index in [-0.39, 0.29) is 18.4 Å². The number of nitrogens with one attached hydrogen (secondary N) is 1. The number of carbonyl (C=O) groups is 2. The normalized spacial score (nSPS) is 21.1. The van der Waals surface area contributed by atoms with Gasteiger partial charge in [0.1, 0.15) is 0 Å². The monoisotopic (exact) mass is 598 g/mol. The molecule has 0 bridgehead atoms. The Morgan fingerprint density at radius 1 is 1.02 bits per heavy atom. The number of aliphatic hydroxyl groups is 2. The van der Waals surface area contributed by atoms with Gasteiger partial charge in [0.25, 0.3) is 0 Å². The SMILES string of the molecule is CCC1=C([C@H](O)CC/C(=C/c2ccc(O)c(F)c2)CC)[C@H](CO)[C@@H]2C(=O)N(c3ccc(Nc4ccccc4)cc3)C(=O)[C@@H]2C1. The maximum Gasteiger partial charge on any atom is 0.238 e. The van der Waals surface area contributed by atoms with Gasteiger partial charge < -0.3 is 20.6 Å². The summed E-state index contributed by atoms with van der Waals surface area (Å²) in [6.45, 7) is 3.59. The molecular formula is C36H39FN2O5. The van der Waals surface area contributed by atoms with Crippen LogP contribution < -0.4 is 10.2 Å². The van der Waals surface area contributed by atoms with Gasteiger partial charge in [-0.3, -0.25) is 14.5 Å². The number of amides is 2. The van der Waals surface area contributed by atoms with Crippen LogP contribution in [0.25, 0.3) is 6.08 Å². The van der Waals surface area contributed by atoms with Crippen molar-refractivity contribution in [1.82, 2.24) is 0 Å². The summed E-state index contributed by atoms with van der Waals surface area (Å²) in [5.41, 5.74) is 5.40. The van der Waals surface area contributed by atoms with E-state index in [0.717, 1.165) is 22.5 Å². The van der Waals surface area contributed by atoms with Gasteiger partial charge in [0.15, 0.2) is 11.6 Å². The van der Waals surface area contributed by atoms with Crippen LogP contribution in [0.15, 0.2) is 89.5 Å². The van der Waals surface area contributed by atoms with E-state index in [1.165, 1.54) is 17.0 Å². The first-order chi connectivity index (χ1) is 21.2. The number of carbonyl (C=O) groups excluding carboxylic acids is 2. The molecule has 4 N–H and O–H groups in total. The Morgan fingerprint density at radius 2 is 1.73 bits per heavy atom. The number of imide groups is 1. The van der Waals surface area contributed by atoms with Gasteiger partial charge in [0, 0.05) is 17.3 Å². The summed E-state index contributed by atoms with van der Waals surface area (Å²) < 4.78 is 13.8. The summed E-state index contributed by atoms with van der Waals surface area (Å²) in [4.78, 5) is 28.8. The summed E-state index contributed by atoms with van der Waals surface area (Å²) in [5, 5.41) is 34.8. The summed E-state index contributed by atoms with van der Waals surface area (Å²) in [6, 6.07) is 21.0. The number of anilines is 3. The van der Waals surface area contributed by atoms with Gasteiger partial charge in [-0.05, 0) is 91.8 Å². The van der Waals surface area contributed by atoms with Crippen LogP contribution in [-0.2, 0) is 9.59 Å². The molecule has 0 saturated carbocycles. The highest BCUT2D eigenvalue weighted by Gasteiger charge is 2.55. The predicted octanol–water partition coefficient (Wildman–Crippen LogP) is 6.73. The van der Waals surface area contributed by atoms with Gasteiger partial charge >= 0.3 is 0 Å². The Hall–Kier alpha value is -4.27. The molecule has 5 rings (SSSR count). The van der Waals surface area contributed by atoms with Crippen molar-refractivity contribution in [3.05, 3.63) is 101 Å². The second-order valence-electron chi connectivity index (χ2n) is 11.5. The summed E-state index contributed by atoms with van der Waals surface area (Å²) in [5.74, 6) is -3.75. The number of hydrogen-bond donors (Lipinski definition) is 4. The first-order valence-electron chi connectivity index (χ1n) is 15.2. The lowest BCUT2D eigenvalue weighted by molar-refractivity contribution is -0.123. The number of para-hydroxylation sites is 1. The molecule has 1 aliphatic carbocycles. The van der Waals surface area contributed by atoms with E-state index >= 15 is 0 Å². The third-order valence-electron chi connectivity index (χ3n) is 8.89. The zero-order valence-electron chi connectivity index (χ0n) is 25.0. The maximum atomic E-state index is 13.8. The van der Waals surface area contributed by atoms with Gasteiger partial charge in [-0.2, -0.15) is 0 Å². The third-order valence-corrected chi connectivity index (χ3v) is 8.89. The van der Waals surface area contributed by atoms with Crippen LogP contribution >= 0.6 is 0 Å². The molecule has 3 aromatic rings. The number of aromatic hydroxyl groups is 1. The van der Waals surface area contributed by atoms with Crippen LogP contribution in [0.5, 0.6) is 5.75 Å². The van der Waals surface area contributed by atoms with Gasteiger partial charge in [0.2, 0.25) is 11.8 Å². The molecule has 8 heteroatoms. The standard InChI is InChI=1S/C36H39FN2O5/c1-3-22(18-23-11-16-31(41)30(37)19-23)10-17-32(42)33-24(4-2)20-28-34(29(33)21-40)36(44)39(35(28)43)27-14-12-26(13-15-27)38-25-8-6-5-7-9-25/h5-9,11-16,18-19,28-29,32,34,38,40-42H,3-4,10,17,20-21H2,1-2H3/b22-18+/t28-,29+,32-,34-/m1/s1. The molecule has 0 radical (unpaired) electrons. The second kappa shape index (κ2) is 13.6. The summed E-state index contributed by atoms with van der Waals surface area (Å²) in [7, 11) is 0. The fourth-order valence-electron chi connectivity index (χ4n) is 6.61. The number of hydrogen-bond acceptors (Lipinski definition) is 6. The lowest BCUT2D eigenvalue weighted by Crippen LogP contribution is -2.39. The molecular weight excluding hydrogens is 559 g/mol. The average Bonchev–Trinajstić information content (AvgIpc) is 3.29. The van der Waals surface area contributed by atoms with Crippen molar-refractivity contribution in [2.24, 2.45) is 17.8 Å². The first kappa shape index (κ1) is 31.2. The summed E-state index contributed by atoms with van der Waals surface area (Å²) >= 11 is 0. The molecule has 230 valence electrons. The first-order valence-corrected chi connectivity index (χ1v) is 15.2. The quantitative estimate of drug-likeness (QED) is 0.144. The van der Waals surface area contributed by atoms with E-state index in [1.54, 1.807) is 18.2 Å². The fourth-order valence-corrected chi connectivity index (χ4v) is 6.61.